The zero-order valence-electron chi connectivity index (χ0n) is 19.0. The first-order valence-electron chi connectivity index (χ1n) is 10.4. The molecular weight excluding hydrogens is 469 g/mol. The predicted octanol–water partition coefficient (Wildman–Crippen LogP) is 6.41. The molecule has 0 amide bonds. The number of alkyl halides is 3. The molecule has 34 heavy (non-hydrogen) atoms. The summed E-state index contributed by atoms with van der Waals surface area (Å²) in [5.41, 5.74) is -1.99. The Morgan fingerprint density at radius 3 is 2.18 bits per heavy atom. The van der Waals surface area contributed by atoms with Crippen molar-refractivity contribution in [2.45, 2.75) is 45.4 Å². The van der Waals surface area contributed by atoms with E-state index < -0.39 is 27.0 Å². The topological polar surface area (TPSA) is 61.8 Å². The van der Waals surface area contributed by atoms with E-state index in [9.17, 15) is 21.6 Å². The van der Waals surface area contributed by atoms with E-state index in [1.807, 2.05) is 63.2 Å². The van der Waals surface area contributed by atoms with E-state index >= 15 is 0 Å². The Kier molecular flexibility index (Phi) is 5.80. The Hall–Kier alpha value is -3.20. The summed E-state index contributed by atoms with van der Waals surface area (Å²) in [6.07, 6.45) is 0. The fourth-order valence-electron chi connectivity index (χ4n) is 3.85. The molecule has 0 atom stereocenters. The van der Waals surface area contributed by atoms with Gasteiger partial charge >= 0.3 is 15.6 Å². The fraction of sp³-hybridized carbons (Fsp3) is 0.280. The van der Waals surface area contributed by atoms with Crippen LogP contribution in [0.3, 0.4) is 0 Å². The van der Waals surface area contributed by atoms with Gasteiger partial charge in [0.15, 0.2) is 0 Å². The van der Waals surface area contributed by atoms with Gasteiger partial charge in [-0.2, -0.15) is 21.6 Å². The van der Waals surface area contributed by atoms with E-state index in [1.54, 1.807) is 6.07 Å². The average molecular weight is 493 g/mol. The Bertz CT molecular complexity index is 1350. The van der Waals surface area contributed by atoms with Crippen LogP contribution in [0, 0.1) is 13.8 Å². The number of halogens is 3. The van der Waals surface area contributed by atoms with Gasteiger partial charge in [-0.1, -0.05) is 30.3 Å². The number of benzene rings is 3. The van der Waals surface area contributed by atoms with E-state index in [0.717, 1.165) is 22.3 Å². The number of hydrogen-bond donors (Lipinski definition) is 0. The first-order valence-corrected chi connectivity index (χ1v) is 11.9. The van der Waals surface area contributed by atoms with Gasteiger partial charge in [-0.15, -0.1) is 0 Å². The van der Waals surface area contributed by atoms with Crippen LogP contribution in [-0.2, 0) is 22.3 Å². The Labute approximate surface area is 196 Å². The molecular formula is C25H23F3O5S. The number of aryl methyl sites for hydroxylation is 2. The van der Waals surface area contributed by atoms with Gasteiger partial charge in [-0.05, 0) is 68.1 Å². The average Bonchev–Trinajstić information content (AvgIpc) is 2.73. The van der Waals surface area contributed by atoms with Crippen molar-refractivity contribution in [1.29, 1.82) is 0 Å². The van der Waals surface area contributed by atoms with Gasteiger partial charge in [0.2, 0.25) is 0 Å². The minimum absolute atomic E-state index is 0.225. The highest BCUT2D eigenvalue weighted by atomic mass is 32.2. The van der Waals surface area contributed by atoms with Crippen molar-refractivity contribution < 1.29 is 35.2 Å². The quantitative estimate of drug-likeness (QED) is 0.304. The number of ether oxygens (including phenoxy) is 2. The van der Waals surface area contributed by atoms with Crippen LogP contribution in [0.15, 0.2) is 54.6 Å². The molecule has 0 saturated carbocycles. The second-order valence-corrected chi connectivity index (χ2v) is 10.2. The van der Waals surface area contributed by atoms with Gasteiger partial charge in [0.25, 0.3) is 0 Å². The molecule has 0 N–H and O–H groups in total. The first-order chi connectivity index (χ1) is 15.8. The largest absolute Gasteiger partial charge is 0.534 e. The van der Waals surface area contributed by atoms with Crippen molar-refractivity contribution >= 4 is 10.1 Å². The third-order valence-electron chi connectivity index (χ3n) is 5.62. The third kappa shape index (κ3) is 4.44. The van der Waals surface area contributed by atoms with Crippen LogP contribution in [0.5, 0.6) is 17.2 Å². The van der Waals surface area contributed by atoms with Crippen molar-refractivity contribution in [1.82, 2.24) is 0 Å². The second kappa shape index (κ2) is 8.23. The molecule has 0 spiro atoms. The van der Waals surface area contributed by atoms with Crippen molar-refractivity contribution in [3.05, 3.63) is 76.9 Å². The van der Waals surface area contributed by atoms with E-state index in [-0.39, 0.29) is 11.3 Å². The maximum Gasteiger partial charge on any atom is 0.534 e. The van der Waals surface area contributed by atoms with Crippen LogP contribution in [0.1, 0.15) is 36.1 Å². The summed E-state index contributed by atoms with van der Waals surface area (Å²) in [6.45, 7) is 7.41. The summed E-state index contributed by atoms with van der Waals surface area (Å²) in [4.78, 5) is 0. The normalized spacial score (nSPS) is 14.6. The maximum atomic E-state index is 12.8. The van der Waals surface area contributed by atoms with Crippen LogP contribution in [0.25, 0.3) is 11.1 Å². The van der Waals surface area contributed by atoms with Crippen molar-refractivity contribution in [3.8, 4) is 28.4 Å². The summed E-state index contributed by atoms with van der Waals surface area (Å²) < 4.78 is 78.0. The van der Waals surface area contributed by atoms with Crippen LogP contribution in [0.4, 0.5) is 13.2 Å². The Balaban J connectivity index is 1.73. The lowest BCUT2D eigenvalue weighted by Crippen LogP contribution is -2.30. The highest BCUT2D eigenvalue weighted by Gasteiger charge is 2.49. The molecule has 0 aromatic heterocycles. The Morgan fingerprint density at radius 1 is 0.912 bits per heavy atom. The standard InChI is InChI=1S/C25H23F3O5S/c1-15-10-18-19-11-16(2)22(33-34(29,30)25(26,27)28)13-23(19)32-24(3,4)20(18)12-21(15)31-14-17-8-6-5-7-9-17/h5-13H,14H2,1-4H3. The molecule has 0 saturated heterocycles. The van der Waals surface area contributed by atoms with Gasteiger partial charge < -0.3 is 13.7 Å². The molecule has 3 aromatic carbocycles. The lowest BCUT2D eigenvalue weighted by molar-refractivity contribution is -0.0500. The van der Waals surface area contributed by atoms with E-state index in [4.69, 9.17) is 9.47 Å². The molecule has 1 heterocycles. The molecule has 0 unspecified atom stereocenters. The summed E-state index contributed by atoms with van der Waals surface area (Å²) in [6, 6.07) is 16.3. The molecule has 0 bridgehead atoms. The summed E-state index contributed by atoms with van der Waals surface area (Å²) in [5.74, 6) is 0.485. The smallest absolute Gasteiger partial charge is 0.489 e. The molecule has 0 aliphatic carbocycles. The number of fused-ring (bicyclic) bond motifs is 3. The van der Waals surface area contributed by atoms with Crippen LogP contribution >= 0.6 is 0 Å². The molecule has 4 rings (SSSR count). The van der Waals surface area contributed by atoms with Gasteiger partial charge in [0.05, 0.1) is 0 Å². The number of rotatable bonds is 5. The lowest BCUT2D eigenvalue weighted by Gasteiger charge is -2.36. The Morgan fingerprint density at radius 2 is 1.53 bits per heavy atom. The van der Waals surface area contributed by atoms with Gasteiger partial charge in [0.1, 0.15) is 29.5 Å². The van der Waals surface area contributed by atoms with E-state index in [2.05, 4.69) is 4.18 Å². The molecule has 1 aliphatic heterocycles. The summed E-state index contributed by atoms with van der Waals surface area (Å²) in [7, 11) is -5.80. The zero-order chi connectivity index (χ0) is 24.9. The minimum Gasteiger partial charge on any atom is -0.489 e. The molecule has 5 nitrogen and oxygen atoms in total. The van der Waals surface area contributed by atoms with Crippen molar-refractivity contribution in [3.63, 3.8) is 0 Å². The van der Waals surface area contributed by atoms with Crippen LogP contribution < -0.4 is 13.7 Å². The van der Waals surface area contributed by atoms with Gasteiger partial charge in [0, 0.05) is 17.2 Å². The number of hydrogen-bond acceptors (Lipinski definition) is 5. The second-order valence-electron chi connectivity index (χ2n) is 8.65. The van der Waals surface area contributed by atoms with Gasteiger partial charge in [-0.25, -0.2) is 0 Å². The van der Waals surface area contributed by atoms with Crippen molar-refractivity contribution in [2.24, 2.45) is 0 Å². The minimum atomic E-state index is -5.80. The van der Waals surface area contributed by atoms with Crippen LogP contribution in [0.2, 0.25) is 0 Å². The SMILES string of the molecule is Cc1cc2c(cc1OCc1ccccc1)C(C)(C)Oc1cc(OS(=O)(=O)C(F)(F)F)c(C)cc1-2. The summed E-state index contributed by atoms with van der Waals surface area (Å²) in [5, 5.41) is 0. The monoisotopic (exact) mass is 492 g/mol. The lowest BCUT2D eigenvalue weighted by atomic mass is 9.84. The molecule has 180 valence electrons. The van der Waals surface area contributed by atoms with E-state index in [1.165, 1.54) is 13.0 Å². The molecule has 0 fully saturated rings. The molecule has 9 heteroatoms. The highest BCUT2D eigenvalue weighted by Crippen LogP contribution is 2.49. The third-order valence-corrected chi connectivity index (χ3v) is 6.58. The van der Waals surface area contributed by atoms with Crippen LogP contribution in [-0.4, -0.2) is 13.9 Å². The molecule has 1 aliphatic rings. The van der Waals surface area contributed by atoms with Crippen molar-refractivity contribution in [2.75, 3.05) is 0 Å². The molecule has 3 aromatic rings. The molecule has 0 radical (unpaired) electrons. The van der Waals surface area contributed by atoms with Gasteiger partial charge in [-0.3, -0.25) is 0 Å². The summed E-state index contributed by atoms with van der Waals surface area (Å²) >= 11 is 0. The first kappa shape index (κ1) is 23.9. The fourth-order valence-corrected chi connectivity index (χ4v) is 4.36. The maximum absolute atomic E-state index is 12.8. The predicted molar refractivity (Wildman–Crippen MR) is 121 cm³/mol. The van der Waals surface area contributed by atoms with E-state index in [0.29, 0.717) is 17.9 Å². The zero-order valence-corrected chi connectivity index (χ0v) is 19.8. The highest BCUT2D eigenvalue weighted by molar-refractivity contribution is 7.88.